The summed E-state index contributed by atoms with van der Waals surface area (Å²) in [6.07, 6.45) is 1.56. The van der Waals surface area contributed by atoms with E-state index < -0.39 is 0 Å². The van der Waals surface area contributed by atoms with Crippen molar-refractivity contribution in [3.05, 3.63) is 101 Å². The minimum Gasteiger partial charge on any atom is -0.507 e. The fourth-order valence-electron chi connectivity index (χ4n) is 3.92. The van der Waals surface area contributed by atoms with Crippen molar-refractivity contribution < 1.29 is 9.90 Å². The molecule has 2 nitrogen and oxygen atoms in total. The molecule has 1 aliphatic carbocycles. The normalized spacial score (nSPS) is 19.2. The molecule has 3 aromatic rings. The zero-order valence-electron chi connectivity index (χ0n) is 13.9. The maximum Gasteiger partial charge on any atom is 0.170 e. The van der Waals surface area contributed by atoms with Gasteiger partial charge >= 0.3 is 0 Å². The fraction of sp³-hybridized carbons (Fsp3) is 0.174. The summed E-state index contributed by atoms with van der Waals surface area (Å²) < 4.78 is 0. The topological polar surface area (TPSA) is 37.3 Å². The van der Waals surface area contributed by atoms with Gasteiger partial charge in [-0.25, -0.2) is 0 Å². The lowest BCUT2D eigenvalue weighted by Gasteiger charge is -2.33. The van der Waals surface area contributed by atoms with Crippen molar-refractivity contribution in [3.63, 3.8) is 0 Å². The third-order valence-corrected chi connectivity index (χ3v) is 5.22. The molecule has 0 radical (unpaired) electrons. The molecule has 0 fully saturated rings. The second kappa shape index (κ2) is 6.56. The number of phenols is 1. The molecule has 4 rings (SSSR count). The minimum absolute atomic E-state index is 0.0291. The molecule has 2 atom stereocenters. The lowest BCUT2D eigenvalue weighted by Crippen LogP contribution is -2.30. The van der Waals surface area contributed by atoms with Gasteiger partial charge in [-0.3, -0.25) is 4.79 Å². The van der Waals surface area contributed by atoms with Gasteiger partial charge in [0.15, 0.2) is 5.78 Å². The van der Waals surface area contributed by atoms with E-state index in [1.807, 2.05) is 24.3 Å². The standard InChI is InChI=1S/C23H20O2/c24-22-13-7-6-12-19(22)23(25)21-15-18-11-5-4-10-17(18)14-20(21)16-8-2-1-3-9-16/h1-13,20-21,24H,14-15H2/t20-,21+/m0/s1. The maximum atomic E-state index is 13.3. The van der Waals surface area contributed by atoms with Crippen molar-refractivity contribution >= 4 is 5.78 Å². The molecular formula is C23H20O2. The highest BCUT2D eigenvalue weighted by atomic mass is 16.3. The third kappa shape index (κ3) is 2.96. The Morgan fingerprint density at radius 1 is 0.760 bits per heavy atom. The summed E-state index contributed by atoms with van der Waals surface area (Å²) in [5.41, 5.74) is 4.17. The van der Waals surface area contributed by atoms with E-state index in [1.54, 1.807) is 24.3 Å². The lowest BCUT2D eigenvalue weighted by atomic mass is 9.70. The predicted octanol–water partition coefficient (Wildman–Crippen LogP) is 4.77. The van der Waals surface area contributed by atoms with Crippen LogP contribution in [0.4, 0.5) is 0 Å². The van der Waals surface area contributed by atoms with Crippen LogP contribution in [-0.2, 0) is 12.8 Å². The molecule has 2 heteroatoms. The fourth-order valence-corrected chi connectivity index (χ4v) is 3.92. The molecular weight excluding hydrogens is 308 g/mol. The highest BCUT2D eigenvalue weighted by Gasteiger charge is 2.35. The number of aromatic hydroxyl groups is 1. The second-order valence-corrected chi connectivity index (χ2v) is 6.68. The highest BCUT2D eigenvalue weighted by Crippen LogP contribution is 2.39. The van der Waals surface area contributed by atoms with Gasteiger partial charge in [0.1, 0.15) is 5.75 Å². The lowest BCUT2D eigenvalue weighted by molar-refractivity contribution is 0.0890. The van der Waals surface area contributed by atoms with E-state index in [2.05, 4.69) is 30.3 Å². The molecule has 0 spiro atoms. The molecule has 0 unspecified atom stereocenters. The molecule has 1 aliphatic rings. The Labute approximate surface area is 147 Å². The summed E-state index contributed by atoms with van der Waals surface area (Å²) in [7, 11) is 0. The van der Waals surface area contributed by atoms with Gasteiger partial charge in [0.05, 0.1) is 5.56 Å². The van der Waals surface area contributed by atoms with Crippen molar-refractivity contribution in [2.45, 2.75) is 18.8 Å². The molecule has 0 aliphatic heterocycles. The molecule has 0 saturated heterocycles. The number of para-hydroxylation sites is 1. The summed E-state index contributed by atoms with van der Waals surface area (Å²) >= 11 is 0. The molecule has 1 N–H and O–H groups in total. The van der Waals surface area contributed by atoms with E-state index >= 15 is 0 Å². The van der Waals surface area contributed by atoms with Gasteiger partial charge in [0.2, 0.25) is 0 Å². The van der Waals surface area contributed by atoms with Gasteiger partial charge in [-0.1, -0.05) is 66.7 Å². The zero-order valence-corrected chi connectivity index (χ0v) is 13.9. The number of carbonyl (C=O) groups excluding carboxylic acids is 1. The van der Waals surface area contributed by atoms with Crippen LogP contribution in [0.25, 0.3) is 0 Å². The van der Waals surface area contributed by atoms with Gasteiger partial charge in [0, 0.05) is 5.92 Å². The van der Waals surface area contributed by atoms with Crippen LogP contribution < -0.4 is 0 Å². The van der Waals surface area contributed by atoms with Crippen molar-refractivity contribution in [3.8, 4) is 5.75 Å². The van der Waals surface area contributed by atoms with Crippen molar-refractivity contribution in [1.82, 2.24) is 0 Å². The maximum absolute atomic E-state index is 13.3. The van der Waals surface area contributed by atoms with Crippen molar-refractivity contribution in [2.24, 2.45) is 5.92 Å². The molecule has 0 saturated carbocycles. The SMILES string of the molecule is O=C(c1ccccc1O)[C@@H]1Cc2ccccc2C[C@H]1c1ccccc1. The van der Waals surface area contributed by atoms with Crippen LogP contribution in [0.3, 0.4) is 0 Å². The first kappa shape index (κ1) is 15.6. The van der Waals surface area contributed by atoms with Crippen LogP contribution in [0, 0.1) is 5.92 Å². The first-order chi connectivity index (χ1) is 12.2. The van der Waals surface area contributed by atoms with Gasteiger partial charge < -0.3 is 5.11 Å². The zero-order chi connectivity index (χ0) is 17.2. The number of phenolic OH excluding ortho intramolecular Hbond substituents is 1. The smallest absolute Gasteiger partial charge is 0.170 e. The second-order valence-electron chi connectivity index (χ2n) is 6.68. The highest BCUT2D eigenvalue weighted by molar-refractivity contribution is 6.01. The summed E-state index contributed by atoms with van der Waals surface area (Å²) in [5, 5.41) is 10.1. The molecule has 0 amide bonds. The molecule has 0 aromatic heterocycles. The monoisotopic (exact) mass is 328 g/mol. The summed E-state index contributed by atoms with van der Waals surface area (Å²) in [6.45, 7) is 0. The number of fused-ring (bicyclic) bond motifs is 1. The van der Waals surface area contributed by atoms with Crippen molar-refractivity contribution in [1.29, 1.82) is 0 Å². The molecule has 124 valence electrons. The van der Waals surface area contributed by atoms with E-state index in [1.165, 1.54) is 16.7 Å². The van der Waals surface area contributed by atoms with E-state index in [9.17, 15) is 9.90 Å². The quantitative estimate of drug-likeness (QED) is 0.703. The molecule has 0 heterocycles. The summed E-state index contributed by atoms with van der Waals surface area (Å²) in [5.74, 6) is 0.0634. The number of hydrogen-bond acceptors (Lipinski definition) is 2. The van der Waals surface area contributed by atoms with Gasteiger partial charge in [-0.05, 0) is 47.6 Å². The van der Waals surface area contributed by atoms with Gasteiger partial charge in [-0.15, -0.1) is 0 Å². The number of Topliss-reactive ketones (excluding diaryl/α,β-unsaturated/α-hetero) is 1. The Morgan fingerprint density at radius 2 is 1.36 bits per heavy atom. The van der Waals surface area contributed by atoms with E-state index in [0.717, 1.165) is 6.42 Å². The summed E-state index contributed by atoms with van der Waals surface area (Å²) in [6, 6.07) is 25.5. The first-order valence-electron chi connectivity index (χ1n) is 8.68. The van der Waals surface area contributed by atoms with Crippen LogP contribution in [0.2, 0.25) is 0 Å². The van der Waals surface area contributed by atoms with Crippen LogP contribution >= 0.6 is 0 Å². The molecule has 0 bridgehead atoms. The van der Waals surface area contributed by atoms with Gasteiger partial charge in [0.25, 0.3) is 0 Å². The Morgan fingerprint density at radius 3 is 2.08 bits per heavy atom. The van der Waals surface area contributed by atoms with Crippen LogP contribution in [0.15, 0.2) is 78.9 Å². The van der Waals surface area contributed by atoms with Gasteiger partial charge in [-0.2, -0.15) is 0 Å². The van der Waals surface area contributed by atoms with E-state index in [4.69, 9.17) is 0 Å². The average molecular weight is 328 g/mol. The van der Waals surface area contributed by atoms with Crippen LogP contribution in [0.1, 0.15) is 33.0 Å². The molecule has 3 aromatic carbocycles. The number of hydrogen-bond donors (Lipinski definition) is 1. The van der Waals surface area contributed by atoms with Crippen LogP contribution in [0.5, 0.6) is 5.75 Å². The third-order valence-electron chi connectivity index (χ3n) is 5.22. The Kier molecular flexibility index (Phi) is 4.10. The van der Waals surface area contributed by atoms with Crippen LogP contribution in [-0.4, -0.2) is 10.9 Å². The Hall–Kier alpha value is -2.87. The average Bonchev–Trinajstić information content (AvgIpc) is 2.67. The number of rotatable bonds is 3. The summed E-state index contributed by atoms with van der Waals surface area (Å²) in [4.78, 5) is 13.3. The van der Waals surface area contributed by atoms with E-state index in [0.29, 0.717) is 12.0 Å². The predicted molar refractivity (Wildman–Crippen MR) is 99.0 cm³/mol. The minimum atomic E-state index is -0.161. The molecule has 25 heavy (non-hydrogen) atoms. The number of benzene rings is 3. The van der Waals surface area contributed by atoms with E-state index in [-0.39, 0.29) is 23.4 Å². The Bertz CT molecular complexity index is 899. The largest absolute Gasteiger partial charge is 0.507 e. The van der Waals surface area contributed by atoms with Crippen molar-refractivity contribution in [2.75, 3.05) is 0 Å². The number of ketones is 1. The number of carbonyl (C=O) groups is 1. The first-order valence-corrected chi connectivity index (χ1v) is 8.68. The Balaban J connectivity index is 1.77.